The maximum atomic E-state index is 11.1. The zero-order valence-corrected chi connectivity index (χ0v) is 11.6. The van der Waals surface area contributed by atoms with E-state index in [1.54, 1.807) is 24.5 Å². The number of carbonyl (C=O) groups is 1. The molecule has 2 N–H and O–H groups in total. The van der Waals surface area contributed by atoms with Crippen molar-refractivity contribution in [3.05, 3.63) is 64.4 Å². The SMILES string of the molecule is O=C(O)c1ccccc1CCNCc1ccncc1Cl. The Hall–Kier alpha value is -1.91. The Bertz CT molecular complexity index is 602. The lowest BCUT2D eigenvalue weighted by Gasteiger charge is -2.08. The fourth-order valence-electron chi connectivity index (χ4n) is 1.94. The van der Waals surface area contributed by atoms with Gasteiger partial charge in [0.25, 0.3) is 0 Å². The molecule has 0 fully saturated rings. The summed E-state index contributed by atoms with van der Waals surface area (Å²) >= 11 is 6.01. The summed E-state index contributed by atoms with van der Waals surface area (Å²) in [5.41, 5.74) is 2.16. The van der Waals surface area contributed by atoms with Gasteiger partial charge < -0.3 is 10.4 Å². The third kappa shape index (κ3) is 3.79. The monoisotopic (exact) mass is 290 g/mol. The number of halogens is 1. The molecule has 0 amide bonds. The maximum absolute atomic E-state index is 11.1. The number of carboxylic acid groups (broad SMARTS) is 1. The predicted octanol–water partition coefficient (Wildman–Crippen LogP) is 2.77. The molecule has 104 valence electrons. The van der Waals surface area contributed by atoms with Gasteiger partial charge in [-0.3, -0.25) is 4.98 Å². The van der Waals surface area contributed by atoms with Crippen molar-refractivity contribution >= 4 is 17.6 Å². The number of carboxylic acids is 1. The summed E-state index contributed by atoms with van der Waals surface area (Å²) < 4.78 is 0. The first-order valence-corrected chi connectivity index (χ1v) is 6.66. The van der Waals surface area contributed by atoms with Crippen molar-refractivity contribution in [2.45, 2.75) is 13.0 Å². The molecule has 1 heterocycles. The molecule has 0 aliphatic heterocycles. The van der Waals surface area contributed by atoms with Crippen LogP contribution < -0.4 is 5.32 Å². The quantitative estimate of drug-likeness (QED) is 0.803. The minimum Gasteiger partial charge on any atom is -0.478 e. The number of rotatable bonds is 6. The van der Waals surface area contributed by atoms with E-state index in [4.69, 9.17) is 16.7 Å². The number of aromatic nitrogens is 1. The van der Waals surface area contributed by atoms with Crippen molar-refractivity contribution in [2.75, 3.05) is 6.54 Å². The highest BCUT2D eigenvalue weighted by molar-refractivity contribution is 6.31. The van der Waals surface area contributed by atoms with Gasteiger partial charge in [0.1, 0.15) is 0 Å². The molecule has 0 aliphatic carbocycles. The highest BCUT2D eigenvalue weighted by Gasteiger charge is 2.08. The van der Waals surface area contributed by atoms with Crippen molar-refractivity contribution in [3.8, 4) is 0 Å². The number of pyridine rings is 1. The fourth-order valence-corrected chi connectivity index (χ4v) is 2.13. The Morgan fingerprint density at radius 2 is 2.05 bits per heavy atom. The molecule has 0 bridgehead atoms. The summed E-state index contributed by atoms with van der Waals surface area (Å²) in [7, 11) is 0. The van der Waals surface area contributed by atoms with E-state index >= 15 is 0 Å². The van der Waals surface area contributed by atoms with Gasteiger partial charge in [-0.1, -0.05) is 29.8 Å². The van der Waals surface area contributed by atoms with Crippen LogP contribution in [0.25, 0.3) is 0 Å². The molecule has 0 saturated heterocycles. The van der Waals surface area contributed by atoms with Crippen LogP contribution in [0.4, 0.5) is 0 Å². The third-order valence-electron chi connectivity index (χ3n) is 2.99. The van der Waals surface area contributed by atoms with E-state index in [9.17, 15) is 4.79 Å². The van der Waals surface area contributed by atoms with E-state index < -0.39 is 5.97 Å². The lowest BCUT2D eigenvalue weighted by molar-refractivity contribution is 0.0695. The van der Waals surface area contributed by atoms with Crippen LogP contribution in [-0.2, 0) is 13.0 Å². The Kier molecular flexibility index (Phi) is 5.09. The van der Waals surface area contributed by atoms with Gasteiger partial charge in [0.05, 0.1) is 10.6 Å². The van der Waals surface area contributed by atoms with Crippen LogP contribution in [0.15, 0.2) is 42.7 Å². The normalized spacial score (nSPS) is 10.4. The number of benzene rings is 1. The highest BCUT2D eigenvalue weighted by Crippen LogP contribution is 2.13. The zero-order chi connectivity index (χ0) is 14.4. The van der Waals surface area contributed by atoms with Crippen LogP contribution in [0.2, 0.25) is 5.02 Å². The van der Waals surface area contributed by atoms with E-state index in [-0.39, 0.29) is 0 Å². The summed E-state index contributed by atoms with van der Waals surface area (Å²) in [6.07, 6.45) is 3.96. The summed E-state index contributed by atoms with van der Waals surface area (Å²) in [5, 5.41) is 13.0. The number of aromatic carboxylic acids is 1. The van der Waals surface area contributed by atoms with Crippen molar-refractivity contribution in [1.29, 1.82) is 0 Å². The van der Waals surface area contributed by atoms with Gasteiger partial charge in [0.15, 0.2) is 0 Å². The second kappa shape index (κ2) is 7.03. The zero-order valence-electron chi connectivity index (χ0n) is 10.8. The fraction of sp³-hybridized carbons (Fsp3) is 0.200. The second-order valence-corrected chi connectivity index (χ2v) is 4.76. The maximum Gasteiger partial charge on any atom is 0.335 e. The minimum atomic E-state index is -0.891. The van der Waals surface area contributed by atoms with Gasteiger partial charge in [0, 0.05) is 18.9 Å². The molecule has 2 rings (SSSR count). The van der Waals surface area contributed by atoms with Gasteiger partial charge in [-0.25, -0.2) is 4.79 Å². The standard InChI is InChI=1S/C15H15ClN2O2/c16-14-10-18-8-6-12(14)9-17-7-5-11-3-1-2-4-13(11)15(19)20/h1-4,6,8,10,17H,5,7,9H2,(H,19,20). The molecule has 0 atom stereocenters. The van der Waals surface area contributed by atoms with Crippen LogP contribution >= 0.6 is 11.6 Å². The summed E-state index contributed by atoms with van der Waals surface area (Å²) in [5.74, 6) is -0.891. The minimum absolute atomic E-state index is 0.358. The van der Waals surface area contributed by atoms with E-state index in [2.05, 4.69) is 10.3 Å². The molecule has 0 unspecified atom stereocenters. The first-order chi connectivity index (χ1) is 9.68. The molecule has 1 aromatic carbocycles. The molecule has 2 aromatic rings. The van der Waals surface area contributed by atoms with Crippen LogP contribution in [0.3, 0.4) is 0 Å². The van der Waals surface area contributed by atoms with E-state index in [1.165, 1.54) is 0 Å². The highest BCUT2D eigenvalue weighted by atomic mass is 35.5. The molecule has 5 heteroatoms. The van der Waals surface area contributed by atoms with Crippen molar-refractivity contribution in [3.63, 3.8) is 0 Å². The van der Waals surface area contributed by atoms with E-state index in [1.807, 2.05) is 18.2 Å². The lowest BCUT2D eigenvalue weighted by atomic mass is 10.0. The van der Waals surface area contributed by atoms with Gasteiger partial charge in [-0.15, -0.1) is 0 Å². The van der Waals surface area contributed by atoms with Crippen LogP contribution in [0.1, 0.15) is 21.5 Å². The Morgan fingerprint density at radius 3 is 2.80 bits per heavy atom. The van der Waals surface area contributed by atoms with Crippen LogP contribution in [0, 0.1) is 0 Å². The first-order valence-electron chi connectivity index (χ1n) is 6.29. The molecular formula is C15H15ClN2O2. The molecular weight excluding hydrogens is 276 g/mol. The second-order valence-electron chi connectivity index (χ2n) is 4.36. The van der Waals surface area contributed by atoms with E-state index in [0.717, 1.165) is 11.1 Å². The van der Waals surface area contributed by atoms with Crippen molar-refractivity contribution in [2.24, 2.45) is 0 Å². The Morgan fingerprint density at radius 1 is 1.25 bits per heavy atom. The predicted molar refractivity (Wildman–Crippen MR) is 78.1 cm³/mol. The molecule has 1 aromatic heterocycles. The lowest BCUT2D eigenvalue weighted by Crippen LogP contribution is -2.18. The van der Waals surface area contributed by atoms with Gasteiger partial charge >= 0.3 is 5.97 Å². The smallest absolute Gasteiger partial charge is 0.335 e. The molecule has 0 aliphatic rings. The van der Waals surface area contributed by atoms with Gasteiger partial charge in [-0.2, -0.15) is 0 Å². The molecule has 20 heavy (non-hydrogen) atoms. The third-order valence-corrected chi connectivity index (χ3v) is 3.33. The largest absolute Gasteiger partial charge is 0.478 e. The van der Waals surface area contributed by atoms with Crippen molar-refractivity contribution in [1.82, 2.24) is 10.3 Å². The molecule has 0 saturated carbocycles. The summed E-state index contributed by atoms with van der Waals surface area (Å²) in [4.78, 5) is 15.0. The van der Waals surface area contributed by atoms with Crippen LogP contribution in [0.5, 0.6) is 0 Å². The first kappa shape index (κ1) is 14.5. The summed E-state index contributed by atoms with van der Waals surface area (Å²) in [6.45, 7) is 1.32. The topological polar surface area (TPSA) is 62.2 Å². The van der Waals surface area contributed by atoms with Crippen LogP contribution in [-0.4, -0.2) is 22.6 Å². The van der Waals surface area contributed by atoms with E-state index in [0.29, 0.717) is 30.1 Å². The average Bonchev–Trinajstić information content (AvgIpc) is 2.45. The Balaban J connectivity index is 1.88. The number of hydrogen-bond donors (Lipinski definition) is 2. The Labute approximate surface area is 122 Å². The van der Waals surface area contributed by atoms with Crippen molar-refractivity contribution < 1.29 is 9.90 Å². The molecule has 0 spiro atoms. The molecule has 4 nitrogen and oxygen atoms in total. The number of nitrogens with zero attached hydrogens (tertiary/aromatic N) is 1. The van der Waals surface area contributed by atoms with Gasteiger partial charge in [-0.05, 0) is 36.2 Å². The summed E-state index contributed by atoms with van der Waals surface area (Å²) in [6, 6.07) is 8.90. The number of hydrogen-bond acceptors (Lipinski definition) is 3. The van der Waals surface area contributed by atoms with Gasteiger partial charge in [0.2, 0.25) is 0 Å². The molecule has 0 radical (unpaired) electrons. The average molecular weight is 291 g/mol. The number of nitrogens with one attached hydrogen (secondary N) is 1.